The summed E-state index contributed by atoms with van der Waals surface area (Å²) in [6, 6.07) is 17.5. The summed E-state index contributed by atoms with van der Waals surface area (Å²) in [7, 11) is -0.912. The Kier molecular flexibility index (Phi) is 5.72. The molecule has 3 nitrogen and oxygen atoms in total. The highest BCUT2D eigenvalue weighted by Crippen LogP contribution is 2.21. The van der Waals surface area contributed by atoms with Gasteiger partial charge in [-0.1, -0.05) is 56.3 Å². The number of nitrogens with one attached hydrogen (secondary N) is 1. The highest BCUT2D eigenvalue weighted by Gasteiger charge is 2.21. The molecule has 2 rings (SSSR count). The van der Waals surface area contributed by atoms with Gasteiger partial charge in [-0.3, -0.25) is 9.00 Å². The van der Waals surface area contributed by atoms with Crippen LogP contribution >= 0.6 is 0 Å². The van der Waals surface area contributed by atoms with Gasteiger partial charge in [0.05, 0.1) is 0 Å². The minimum atomic E-state index is -0.912. The SMILES string of the molecule is C[S@](=O)Cc1cccc(C(=O)NCC(C)(C)c2ccccc2)c1. The van der Waals surface area contributed by atoms with Crippen molar-refractivity contribution in [1.82, 2.24) is 5.32 Å². The van der Waals surface area contributed by atoms with E-state index >= 15 is 0 Å². The van der Waals surface area contributed by atoms with E-state index in [0.717, 1.165) is 5.56 Å². The third kappa shape index (κ3) is 5.03. The van der Waals surface area contributed by atoms with E-state index in [1.54, 1.807) is 12.3 Å². The number of rotatable bonds is 6. The van der Waals surface area contributed by atoms with Crippen LogP contribution in [0.2, 0.25) is 0 Å². The van der Waals surface area contributed by atoms with Gasteiger partial charge >= 0.3 is 0 Å². The van der Waals surface area contributed by atoms with Crippen LogP contribution in [0, 0.1) is 0 Å². The van der Waals surface area contributed by atoms with Gasteiger partial charge in [0.15, 0.2) is 0 Å². The molecule has 122 valence electrons. The summed E-state index contributed by atoms with van der Waals surface area (Å²) in [6.07, 6.45) is 1.66. The van der Waals surface area contributed by atoms with Crippen LogP contribution in [0.3, 0.4) is 0 Å². The van der Waals surface area contributed by atoms with Crippen LogP contribution in [0.25, 0.3) is 0 Å². The van der Waals surface area contributed by atoms with E-state index in [0.29, 0.717) is 17.9 Å². The van der Waals surface area contributed by atoms with Crippen LogP contribution in [-0.4, -0.2) is 22.9 Å². The van der Waals surface area contributed by atoms with Gasteiger partial charge in [0, 0.05) is 40.3 Å². The number of benzene rings is 2. The van der Waals surface area contributed by atoms with E-state index in [9.17, 15) is 9.00 Å². The molecule has 23 heavy (non-hydrogen) atoms. The predicted octanol–water partition coefficient (Wildman–Crippen LogP) is 3.27. The van der Waals surface area contributed by atoms with Crippen molar-refractivity contribution in [2.45, 2.75) is 25.0 Å². The Bertz CT molecular complexity index is 696. The van der Waals surface area contributed by atoms with Crippen molar-refractivity contribution in [2.24, 2.45) is 0 Å². The van der Waals surface area contributed by atoms with Gasteiger partial charge in [-0.25, -0.2) is 0 Å². The summed E-state index contributed by atoms with van der Waals surface area (Å²) in [6.45, 7) is 4.78. The average molecular weight is 329 g/mol. The third-order valence-corrected chi connectivity index (χ3v) is 4.55. The number of carbonyl (C=O) groups excluding carboxylic acids is 1. The second-order valence-electron chi connectivity index (χ2n) is 6.35. The molecule has 0 bridgehead atoms. The zero-order chi connectivity index (χ0) is 16.9. The van der Waals surface area contributed by atoms with Gasteiger partial charge in [-0.2, -0.15) is 0 Å². The number of amides is 1. The molecule has 0 spiro atoms. The van der Waals surface area contributed by atoms with Crippen molar-refractivity contribution in [2.75, 3.05) is 12.8 Å². The van der Waals surface area contributed by atoms with Crippen LogP contribution in [0.5, 0.6) is 0 Å². The van der Waals surface area contributed by atoms with E-state index in [1.165, 1.54) is 5.56 Å². The molecule has 0 saturated carbocycles. The second-order valence-corrected chi connectivity index (χ2v) is 7.79. The van der Waals surface area contributed by atoms with E-state index in [4.69, 9.17) is 0 Å². The van der Waals surface area contributed by atoms with Crippen molar-refractivity contribution in [3.8, 4) is 0 Å². The fraction of sp³-hybridized carbons (Fsp3) is 0.316. The van der Waals surface area contributed by atoms with Crippen molar-refractivity contribution < 1.29 is 9.00 Å². The molecule has 4 heteroatoms. The first-order chi connectivity index (χ1) is 10.9. The summed E-state index contributed by atoms with van der Waals surface area (Å²) in [5.74, 6) is 0.370. The molecule has 2 aromatic rings. The van der Waals surface area contributed by atoms with Crippen LogP contribution in [-0.2, 0) is 22.0 Å². The Morgan fingerprint density at radius 2 is 1.78 bits per heavy atom. The van der Waals surface area contributed by atoms with Gasteiger partial charge < -0.3 is 5.32 Å². The molecule has 1 atom stereocenters. The normalized spacial score (nSPS) is 12.7. The van der Waals surface area contributed by atoms with E-state index in [2.05, 4.69) is 31.3 Å². The Hall–Kier alpha value is -1.94. The molecular weight excluding hydrogens is 306 g/mol. The fourth-order valence-electron chi connectivity index (χ4n) is 2.43. The van der Waals surface area contributed by atoms with Crippen LogP contribution < -0.4 is 5.32 Å². The number of hydrogen-bond donors (Lipinski definition) is 1. The largest absolute Gasteiger partial charge is 0.351 e. The maximum atomic E-state index is 12.4. The zero-order valence-electron chi connectivity index (χ0n) is 13.8. The maximum absolute atomic E-state index is 12.4. The first-order valence-electron chi connectivity index (χ1n) is 7.61. The Morgan fingerprint density at radius 1 is 1.09 bits per heavy atom. The quantitative estimate of drug-likeness (QED) is 0.884. The van der Waals surface area contributed by atoms with Crippen molar-refractivity contribution in [3.05, 3.63) is 71.3 Å². The lowest BCUT2D eigenvalue weighted by molar-refractivity contribution is 0.0945. The van der Waals surface area contributed by atoms with Gasteiger partial charge in [-0.05, 0) is 23.3 Å². The summed E-state index contributed by atoms with van der Waals surface area (Å²) in [5, 5.41) is 3.00. The molecule has 2 aromatic carbocycles. The molecule has 0 heterocycles. The summed E-state index contributed by atoms with van der Waals surface area (Å²) >= 11 is 0. The average Bonchev–Trinajstić information content (AvgIpc) is 2.53. The van der Waals surface area contributed by atoms with E-state index < -0.39 is 10.8 Å². The van der Waals surface area contributed by atoms with Crippen LogP contribution in [0.15, 0.2) is 54.6 Å². The first-order valence-corrected chi connectivity index (χ1v) is 9.34. The smallest absolute Gasteiger partial charge is 0.251 e. The zero-order valence-corrected chi connectivity index (χ0v) is 14.7. The molecule has 0 fully saturated rings. The minimum absolute atomic E-state index is 0.0993. The van der Waals surface area contributed by atoms with Crippen molar-refractivity contribution in [3.63, 3.8) is 0 Å². The van der Waals surface area contributed by atoms with Crippen molar-refractivity contribution >= 4 is 16.7 Å². The standard InChI is InChI=1S/C19H23NO2S/c1-19(2,17-10-5-4-6-11-17)14-20-18(21)16-9-7-8-15(12-16)13-23(3)22/h4-12H,13-14H2,1-3H3,(H,20,21)/t23-/m0/s1. The van der Waals surface area contributed by atoms with E-state index in [1.807, 2.05) is 36.4 Å². The van der Waals surface area contributed by atoms with Gasteiger partial charge in [0.25, 0.3) is 5.91 Å². The summed E-state index contributed by atoms with van der Waals surface area (Å²) < 4.78 is 11.3. The lowest BCUT2D eigenvalue weighted by atomic mass is 9.84. The van der Waals surface area contributed by atoms with Crippen LogP contribution in [0.4, 0.5) is 0 Å². The van der Waals surface area contributed by atoms with Gasteiger partial charge in [0.1, 0.15) is 0 Å². The Morgan fingerprint density at radius 3 is 2.43 bits per heavy atom. The topological polar surface area (TPSA) is 46.2 Å². The molecular formula is C19H23NO2S. The van der Waals surface area contributed by atoms with Crippen LogP contribution in [0.1, 0.15) is 35.3 Å². The molecule has 0 unspecified atom stereocenters. The number of hydrogen-bond acceptors (Lipinski definition) is 2. The first kappa shape index (κ1) is 17.4. The number of carbonyl (C=O) groups is 1. The lowest BCUT2D eigenvalue weighted by Crippen LogP contribution is -2.36. The second kappa shape index (κ2) is 7.55. The molecule has 0 aliphatic rings. The minimum Gasteiger partial charge on any atom is -0.351 e. The molecule has 0 saturated heterocycles. The predicted molar refractivity (Wildman–Crippen MR) is 96.0 cm³/mol. The summed E-state index contributed by atoms with van der Waals surface area (Å²) in [4.78, 5) is 12.4. The van der Waals surface area contributed by atoms with Gasteiger partial charge in [-0.15, -0.1) is 0 Å². The Labute approximate surface area is 140 Å². The van der Waals surface area contributed by atoms with E-state index in [-0.39, 0.29) is 11.3 Å². The fourth-order valence-corrected chi connectivity index (χ4v) is 3.08. The molecule has 0 aliphatic heterocycles. The summed E-state index contributed by atoms with van der Waals surface area (Å²) in [5.41, 5.74) is 2.58. The monoisotopic (exact) mass is 329 g/mol. The van der Waals surface area contributed by atoms with Crippen molar-refractivity contribution in [1.29, 1.82) is 0 Å². The Balaban J connectivity index is 2.03. The molecule has 0 aromatic heterocycles. The molecule has 0 radical (unpaired) electrons. The third-order valence-electron chi connectivity index (χ3n) is 3.81. The highest BCUT2D eigenvalue weighted by molar-refractivity contribution is 7.83. The highest BCUT2D eigenvalue weighted by atomic mass is 32.2. The molecule has 1 N–H and O–H groups in total. The maximum Gasteiger partial charge on any atom is 0.251 e. The lowest BCUT2D eigenvalue weighted by Gasteiger charge is -2.25. The van der Waals surface area contributed by atoms with Gasteiger partial charge in [0.2, 0.25) is 0 Å². The molecule has 1 amide bonds. The molecule has 0 aliphatic carbocycles.